The maximum Gasteiger partial charge on any atom is 0.425 e. The number of aliphatic hydroxyl groups is 1. The van der Waals surface area contributed by atoms with Gasteiger partial charge < -0.3 is 9.84 Å². The maximum atomic E-state index is 12.3. The molecule has 0 bridgehead atoms. The van der Waals surface area contributed by atoms with Crippen LogP contribution in [0.3, 0.4) is 0 Å². The van der Waals surface area contributed by atoms with Crippen molar-refractivity contribution in [3.05, 3.63) is 21.9 Å². The molecular weight excluding hydrogens is 265 g/mol. The Hall–Kier alpha value is -0.590. The van der Waals surface area contributed by atoms with Gasteiger partial charge in [-0.2, -0.15) is 13.2 Å². The third kappa shape index (κ3) is 5.84. The summed E-state index contributed by atoms with van der Waals surface area (Å²) in [6, 6.07) is 1.18. The van der Waals surface area contributed by atoms with Gasteiger partial charge in [-0.05, 0) is 42.7 Å². The second-order valence-electron chi connectivity index (χ2n) is 3.96. The molecule has 2 nitrogen and oxygen atoms in total. The van der Waals surface area contributed by atoms with Crippen molar-refractivity contribution in [3.63, 3.8) is 0 Å². The number of hydrogen-bond acceptors (Lipinski definition) is 3. The van der Waals surface area contributed by atoms with Gasteiger partial charge in [0.1, 0.15) is 4.88 Å². The molecule has 0 aromatic carbocycles. The van der Waals surface area contributed by atoms with Crippen molar-refractivity contribution < 1.29 is 23.0 Å². The SMILES string of the molecule is OCCCCCOCCc1csc(C(F)(F)F)c1. The zero-order valence-electron chi connectivity index (χ0n) is 10.0. The van der Waals surface area contributed by atoms with Crippen LogP contribution in [0, 0.1) is 0 Å². The maximum absolute atomic E-state index is 12.3. The number of hydrogen-bond donors (Lipinski definition) is 1. The van der Waals surface area contributed by atoms with Crippen molar-refractivity contribution in [2.75, 3.05) is 19.8 Å². The van der Waals surface area contributed by atoms with Crippen LogP contribution in [-0.2, 0) is 17.3 Å². The third-order valence-electron chi connectivity index (χ3n) is 2.42. The van der Waals surface area contributed by atoms with Gasteiger partial charge >= 0.3 is 6.18 Å². The zero-order chi connectivity index (χ0) is 13.4. The number of thiophene rings is 1. The first-order valence-corrected chi connectivity index (χ1v) is 6.75. The predicted octanol–water partition coefficient (Wildman–Crippen LogP) is 3.49. The monoisotopic (exact) mass is 282 g/mol. The molecular formula is C12H17F3O2S. The first kappa shape index (κ1) is 15.5. The Kier molecular flexibility index (Phi) is 6.67. The molecule has 0 atom stereocenters. The summed E-state index contributed by atoms with van der Waals surface area (Å²) in [5, 5.41) is 10.1. The molecule has 0 amide bonds. The van der Waals surface area contributed by atoms with Crippen LogP contribution in [0.2, 0.25) is 0 Å². The number of halogens is 3. The van der Waals surface area contributed by atoms with Crippen LogP contribution in [0.4, 0.5) is 13.2 Å². The van der Waals surface area contributed by atoms with Crippen LogP contribution in [0.15, 0.2) is 11.4 Å². The summed E-state index contributed by atoms with van der Waals surface area (Å²) < 4.78 is 42.3. The van der Waals surface area contributed by atoms with Gasteiger partial charge in [-0.1, -0.05) is 0 Å². The van der Waals surface area contributed by atoms with Crippen molar-refractivity contribution >= 4 is 11.3 Å². The highest BCUT2D eigenvalue weighted by atomic mass is 32.1. The lowest BCUT2D eigenvalue weighted by atomic mass is 10.2. The number of alkyl halides is 3. The van der Waals surface area contributed by atoms with Gasteiger partial charge in [0, 0.05) is 13.2 Å². The highest BCUT2D eigenvalue weighted by Crippen LogP contribution is 2.34. The van der Waals surface area contributed by atoms with Crippen molar-refractivity contribution in [1.29, 1.82) is 0 Å². The average Bonchev–Trinajstić information content (AvgIpc) is 2.76. The highest BCUT2D eigenvalue weighted by Gasteiger charge is 2.32. The lowest BCUT2D eigenvalue weighted by Crippen LogP contribution is -2.02. The molecule has 0 saturated heterocycles. The Morgan fingerprint density at radius 2 is 1.94 bits per heavy atom. The van der Waals surface area contributed by atoms with E-state index < -0.39 is 11.1 Å². The Morgan fingerprint density at radius 1 is 1.17 bits per heavy atom. The summed E-state index contributed by atoms with van der Waals surface area (Å²) in [6.45, 7) is 1.22. The van der Waals surface area contributed by atoms with Crippen molar-refractivity contribution in [2.24, 2.45) is 0 Å². The summed E-state index contributed by atoms with van der Waals surface area (Å²) in [4.78, 5) is -0.555. The Labute approximate surface area is 108 Å². The molecule has 0 aliphatic heterocycles. The molecule has 1 heterocycles. The second kappa shape index (κ2) is 7.76. The second-order valence-corrected chi connectivity index (χ2v) is 4.87. The standard InChI is InChI=1S/C12H17F3O2S/c13-12(14,15)11-8-10(9-18-11)4-7-17-6-3-1-2-5-16/h8-9,16H,1-7H2. The number of aliphatic hydroxyl groups excluding tert-OH is 1. The molecule has 1 N–H and O–H groups in total. The van der Waals surface area contributed by atoms with Gasteiger partial charge in [-0.25, -0.2) is 0 Å². The molecule has 0 spiro atoms. The molecule has 1 rings (SSSR count). The largest absolute Gasteiger partial charge is 0.425 e. The van der Waals surface area contributed by atoms with Gasteiger partial charge in [0.05, 0.1) is 6.61 Å². The van der Waals surface area contributed by atoms with Crippen molar-refractivity contribution in [1.82, 2.24) is 0 Å². The zero-order valence-corrected chi connectivity index (χ0v) is 10.8. The Bertz CT molecular complexity index is 336. The predicted molar refractivity (Wildman–Crippen MR) is 64.8 cm³/mol. The van der Waals surface area contributed by atoms with Crippen LogP contribution >= 0.6 is 11.3 Å². The minimum Gasteiger partial charge on any atom is -0.396 e. The topological polar surface area (TPSA) is 29.5 Å². The van der Waals surface area contributed by atoms with Gasteiger partial charge in [0.2, 0.25) is 0 Å². The molecule has 0 fully saturated rings. The van der Waals surface area contributed by atoms with E-state index in [1.165, 1.54) is 11.4 Å². The fourth-order valence-corrected chi connectivity index (χ4v) is 2.26. The first-order chi connectivity index (χ1) is 8.54. The average molecular weight is 282 g/mol. The van der Waals surface area contributed by atoms with Gasteiger partial charge in [-0.3, -0.25) is 0 Å². The fraction of sp³-hybridized carbons (Fsp3) is 0.667. The normalized spacial score (nSPS) is 12.0. The number of ether oxygens (including phenoxy) is 1. The number of rotatable bonds is 8. The molecule has 6 heteroatoms. The summed E-state index contributed by atoms with van der Waals surface area (Å²) in [6.07, 6.45) is -1.19. The Morgan fingerprint density at radius 3 is 2.56 bits per heavy atom. The third-order valence-corrected chi connectivity index (χ3v) is 3.44. The first-order valence-electron chi connectivity index (χ1n) is 5.87. The Balaban J connectivity index is 2.14. The smallest absolute Gasteiger partial charge is 0.396 e. The lowest BCUT2D eigenvalue weighted by molar-refractivity contribution is -0.134. The van der Waals surface area contributed by atoms with Crippen LogP contribution in [0.5, 0.6) is 0 Å². The quantitative estimate of drug-likeness (QED) is 0.740. The van der Waals surface area contributed by atoms with E-state index in [1.807, 2.05) is 0 Å². The molecule has 0 aliphatic carbocycles. The van der Waals surface area contributed by atoms with E-state index in [0.717, 1.165) is 30.6 Å². The highest BCUT2D eigenvalue weighted by molar-refractivity contribution is 7.10. The van der Waals surface area contributed by atoms with Crippen LogP contribution < -0.4 is 0 Å². The van der Waals surface area contributed by atoms with E-state index in [0.29, 0.717) is 25.2 Å². The van der Waals surface area contributed by atoms with Crippen LogP contribution in [0.25, 0.3) is 0 Å². The lowest BCUT2D eigenvalue weighted by Gasteiger charge is -2.03. The minimum absolute atomic E-state index is 0.190. The van der Waals surface area contributed by atoms with Crippen LogP contribution in [0.1, 0.15) is 29.7 Å². The molecule has 0 radical (unpaired) electrons. The van der Waals surface area contributed by atoms with Crippen molar-refractivity contribution in [3.8, 4) is 0 Å². The van der Waals surface area contributed by atoms with Gasteiger partial charge in [-0.15, -0.1) is 11.3 Å². The fourth-order valence-electron chi connectivity index (χ4n) is 1.44. The van der Waals surface area contributed by atoms with E-state index in [2.05, 4.69) is 0 Å². The van der Waals surface area contributed by atoms with Gasteiger partial charge in [0.25, 0.3) is 0 Å². The number of unbranched alkanes of at least 4 members (excludes halogenated alkanes) is 2. The molecule has 1 aromatic heterocycles. The summed E-state index contributed by atoms with van der Waals surface area (Å²) in [7, 11) is 0. The molecule has 18 heavy (non-hydrogen) atoms. The van der Waals surface area contributed by atoms with E-state index in [9.17, 15) is 13.2 Å². The van der Waals surface area contributed by atoms with Crippen molar-refractivity contribution in [2.45, 2.75) is 31.9 Å². The van der Waals surface area contributed by atoms with Gasteiger partial charge in [0.15, 0.2) is 0 Å². The summed E-state index contributed by atoms with van der Waals surface area (Å²) in [5.74, 6) is 0. The van der Waals surface area contributed by atoms with E-state index >= 15 is 0 Å². The van der Waals surface area contributed by atoms with Crippen LogP contribution in [-0.4, -0.2) is 24.9 Å². The summed E-state index contributed by atoms with van der Waals surface area (Å²) in [5.41, 5.74) is 0.669. The molecule has 104 valence electrons. The summed E-state index contributed by atoms with van der Waals surface area (Å²) >= 11 is 0.723. The van der Waals surface area contributed by atoms with E-state index in [4.69, 9.17) is 9.84 Å². The molecule has 0 aliphatic rings. The van der Waals surface area contributed by atoms with E-state index in [1.54, 1.807) is 0 Å². The molecule has 1 aromatic rings. The molecule has 0 saturated carbocycles. The van der Waals surface area contributed by atoms with E-state index in [-0.39, 0.29) is 6.61 Å². The minimum atomic E-state index is -4.24. The molecule has 0 unspecified atom stereocenters.